The zero-order chi connectivity index (χ0) is 12.8. The van der Waals surface area contributed by atoms with E-state index in [9.17, 15) is 13.6 Å². The van der Waals surface area contributed by atoms with Crippen LogP contribution in [0.2, 0.25) is 0 Å². The van der Waals surface area contributed by atoms with Crippen LogP contribution in [0.3, 0.4) is 0 Å². The SMILES string of the molecule is COC(=O)C(Cl)CNCc1cc(F)cc(F)c1. The van der Waals surface area contributed by atoms with Gasteiger partial charge < -0.3 is 10.1 Å². The minimum atomic E-state index is -0.821. The van der Waals surface area contributed by atoms with Crippen molar-refractivity contribution in [3.63, 3.8) is 0 Å². The summed E-state index contributed by atoms with van der Waals surface area (Å²) in [4.78, 5) is 10.9. The fraction of sp³-hybridized carbons (Fsp3) is 0.364. The molecule has 3 nitrogen and oxygen atoms in total. The molecule has 0 heterocycles. The normalized spacial score (nSPS) is 12.2. The number of methoxy groups -OCH3 is 1. The van der Waals surface area contributed by atoms with Crippen LogP contribution in [0.5, 0.6) is 0 Å². The fourth-order valence-corrected chi connectivity index (χ4v) is 1.47. The quantitative estimate of drug-likeness (QED) is 0.651. The lowest BCUT2D eigenvalue weighted by molar-refractivity contribution is -0.140. The lowest BCUT2D eigenvalue weighted by Gasteiger charge is -2.09. The Morgan fingerprint density at radius 1 is 1.41 bits per heavy atom. The highest BCUT2D eigenvalue weighted by Crippen LogP contribution is 2.07. The van der Waals surface area contributed by atoms with Gasteiger partial charge in [0.2, 0.25) is 0 Å². The average molecular weight is 264 g/mol. The van der Waals surface area contributed by atoms with Crippen LogP contribution in [0.25, 0.3) is 0 Å². The number of esters is 1. The first-order valence-corrected chi connectivity index (χ1v) is 5.34. The van der Waals surface area contributed by atoms with Gasteiger partial charge in [0.25, 0.3) is 0 Å². The first-order chi connectivity index (χ1) is 8.02. The zero-order valence-electron chi connectivity index (χ0n) is 9.17. The molecular formula is C11H12ClF2NO2. The third-order valence-corrected chi connectivity index (χ3v) is 2.36. The minimum absolute atomic E-state index is 0.159. The number of benzene rings is 1. The maximum absolute atomic E-state index is 12.8. The Balaban J connectivity index is 2.43. The van der Waals surface area contributed by atoms with Gasteiger partial charge in [-0.3, -0.25) is 4.79 Å². The van der Waals surface area contributed by atoms with Crippen LogP contribution >= 0.6 is 11.6 Å². The molecule has 0 bridgehead atoms. The van der Waals surface area contributed by atoms with Crippen molar-refractivity contribution in [2.75, 3.05) is 13.7 Å². The minimum Gasteiger partial charge on any atom is -0.468 e. The van der Waals surface area contributed by atoms with Crippen LogP contribution in [-0.2, 0) is 16.1 Å². The highest BCUT2D eigenvalue weighted by Gasteiger charge is 2.14. The molecule has 1 unspecified atom stereocenters. The maximum Gasteiger partial charge on any atom is 0.325 e. The lowest BCUT2D eigenvalue weighted by atomic mass is 10.2. The smallest absolute Gasteiger partial charge is 0.325 e. The van der Waals surface area contributed by atoms with Gasteiger partial charge in [-0.25, -0.2) is 8.78 Å². The van der Waals surface area contributed by atoms with Crippen LogP contribution < -0.4 is 5.32 Å². The first-order valence-electron chi connectivity index (χ1n) is 4.90. The van der Waals surface area contributed by atoms with E-state index in [1.165, 1.54) is 19.2 Å². The molecule has 0 saturated heterocycles. The fourth-order valence-electron chi connectivity index (χ4n) is 1.27. The van der Waals surface area contributed by atoms with E-state index in [4.69, 9.17) is 11.6 Å². The second-order valence-corrected chi connectivity index (χ2v) is 3.93. The summed E-state index contributed by atoms with van der Waals surface area (Å²) in [7, 11) is 1.24. The van der Waals surface area contributed by atoms with E-state index >= 15 is 0 Å². The van der Waals surface area contributed by atoms with Gasteiger partial charge in [0.15, 0.2) is 0 Å². The molecule has 1 N–H and O–H groups in total. The Kier molecular flexibility index (Phi) is 5.31. The van der Waals surface area contributed by atoms with Gasteiger partial charge in [0.1, 0.15) is 17.0 Å². The molecule has 0 aliphatic carbocycles. The molecule has 0 aromatic heterocycles. The Hall–Kier alpha value is -1.20. The topological polar surface area (TPSA) is 38.3 Å². The van der Waals surface area contributed by atoms with Crippen LogP contribution in [-0.4, -0.2) is 25.0 Å². The summed E-state index contributed by atoms with van der Waals surface area (Å²) in [6.45, 7) is 0.376. The van der Waals surface area contributed by atoms with Crippen molar-refractivity contribution in [3.05, 3.63) is 35.4 Å². The molecule has 0 saturated carbocycles. The number of hydrogen-bond acceptors (Lipinski definition) is 3. The molecule has 0 aliphatic rings. The van der Waals surface area contributed by atoms with Crippen molar-refractivity contribution < 1.29 is 18.3 Å². The van der Waals surface area contributed by atoms with Gasteiger partial charge in [-0.15, -0.1) is 11.6 Å². The van der Waals surface area contributed by atoms with E-state index in [1.54, 1.807) is 0 Å². The predicted molar refractivity (Wildman–Crippen MR) is 59.7 cm³/mol. The van der Waals surface area contributed by atoms with Crippen molar-refractivity contribution in [1.82, 2.24) is 5.32 Å². The van der Waals surface area contributed by atoms with Crippen molar-refractivity contribution in [1.29, 1.82) is 0 Å². The molecule has 6 heteroatoms. The Morgan fingerprint density at radius 2 is 2.00 bits per heavy atom. The summed E-state index contributed by atoms with van der Waals surface area (Å²) in [5.41, 5.74) is 0.441. The van der Waals surface area contributed by atoms with Crippen LogP contribution in [0.15, 0.2) is 18.2 Å². The van der Waals surface area contributed by atoms with Gasteiger partial charge in [0, 0.05) is 19.2 Å². The van der Waals surface area contributed by atoms with Gasteiger partial charge in [-0.1, -0.05) is 0 Å². The number of rotatable bonds is 5. The summed E-state index contributed by atoms with van der Waals surface area (Å²) in [6.07, 6.45) is 0. The van der Waals surface area contributed by atoms with E-state index in [-0.39, 0.29) is 13.1 Å². The van der Waals surface area contributed by atoms with Crippen LogP contribution in [0, 0.1) is 11.6 Å². The second kappa shape index (κ2) is 6.51. The summed E-state index contributed by atoms with van der Waals surface area (Å²) >= 11 is 5.68. The van der Waals surface area contributed by atoms with Crippen molar-refractivity contribution in [2.24, 2.45) is 0 Å². The largest absolute Gasteiger partial charge is 0.468 e. The summed E-state index contributed by atoms with van der Waals surface area (Å²) in [5, 5.41) is 1.98. The summed E-state index contributed by atoms with van der Waals surface area (Å²) in [6, 6.07) is 3.21. The molecule has 0 aliphatic heterocycles. The van der Waals surface area contributed by atoms with E-state index in [2.05, 4.69) is 10.1 Å². The maximum atomic E-state index is 12.8. The third kappa shape index (κ3) is 4.66. The molecule has 17 heavy (non-hydrogen) atoms. The Bertz CT molecular complexity index is 381. The number of carbonyl (C=O) groups is 1. The van der Waals surface area contributed by atoms with E-state index in [0.717, 1.165) is 6.07 Å². The monoisotopic (exact) mass is 263 g/mol. The molecule has 94 valence electrons. The molecule has 1 rings (SSSR count). The summed E-state index contributed by atoms with van der Waals surface area (Å²) < 4.78 is 30.1. The molecule has 1 aromatic carbocycles. The van der Waals surface area contributed by atoms with Crippen LogP contribution in [0.4, 0.5) is 8.78 Å². The van der Waals surface area contributed by atoms with E-state index in [0.29, 0.717) is 5.56 Å². The number of ether oxygens (including phenoxy) is 1. The van der Waals surface area contributed by atoms with Gasteiger partial charge >= 0.3 is 5.97 Å². The van der Waals surface area contributed by atoms with Gasteiger partial charge in [-0.05, 0) is 17.7 Å². The molecule has 1 aromatic rings. The molecule has 0 radical (unpaired) electrons. The predicted octanol–water partition coefficient (Wildman–Crippen LogP) is 1.83. The van der Waals surface area contributed by atoms with Gasteiger partial charge in [0.05, 0.1) is 7.11 Å². The molecule has 0 fully saturated rings. The number of hydrogen-bond donors (Lipinski definition) is 1. The lowest BCUT2D eigenvalue weighted by Crippen LogP contribution is -2.29. The average Bonchev–Trinajstić information content (AvgIpc) is 2.26. The third-order valence-electron chi connectivity index (χ3n) is 2.03. The Morgan fingerprint density at radius 3 is 2.53 bits per heavy atom. The highest BCUT2D eigenvalue weighted by molar-refractivity contribution is 6.30. The van der Waals surface area contributed by atoms with Gasteiger partial charge in [-0.2, -0.15) is 0 Å². The molecule has 1 atom stereocenters. The molecular weight excluding hydrogens is 252 g/mol. The molecule has 0 amide bonds. The molecule has 0 spiro atoms. The second-order valence-electron chi connectivity index (χ2n) is 3.40. The zero-order valence-corrected chi connectivity index (χ0v) is 9.93. The van der Waals surface area contributed by atoms with Crippen molar-refractivity contribution >= 4 is 17.6 Å². The number of alkyl halides is 1. The number of halogens is 3. The van der Waals surface area contributed by atoms with Crippen molar-refractivity contribution in [3.8, 4) is 0 Å². The first kappa shape index (κ1) is 13.9. The van der Waals surface area contributed by atoms with E-state index < -0.39 is 23.0 Å². The van der Waals surface area contributed by atoms with E-state index in [1.807, 2.05) is 0 Å². The van der Waals surface area contributed by atoms with Crippen molar-refractivity contribution in [2.45, 2.75) is 11.9 Å². The number of carbonyl (C=O) groups excluding carboxylic acids is 1. The Labute approximate surface area is 103 Å². The highest BCUT2D eigenvalue weighted by atomic mass is 35.5. The van der Waals surface area contributed by atoms with Crippen LogP contribution in [0.1, 0.15) is 5.56 Å². The number of nitrogens with one attached hydrogen (secondary N) is 1. The standard InChI is InChI=1S/C11H12ClF2NO2/c1-17-11(16)10(12)6-15-5-7-2-8(13)4-9(14)3-7/h2-4,10,15H,5-6H2,1H3. The summed E-state index contributed by atoms with van der Waals surface area (Å²) in [5.74, 6) is -1.83.